The van der Waals surface area contributed by atoms with Gasteiger partial charge in [0.05, 0.1) is 0 Å². The second-order valence-corrected chi connectivity index (χ2v) is 7.24. The van der Waals surface area contributed by atoms with Crippen LogP contribution in [0.4, 0.5) is 0 Å². The van der Waals surface area contributed by atoms with Crippen LogP contribution in [0, 0.1) is 17.3 Å². The van der Waals surface area contributed by atoms with Crippen LogP contribution in [-0.4, -0.2) is 12.1 Å². The Kier molecular flexibility index (Phi) is 3.63. The summed E-state index contributed by atoms with van der Waals surface area (Å²) in [5.41, 5.74) is 0.581. The van der Waals surface area contributed by atoms with Crippen molar-refractivity contribution < 1.29 is 0 Å². The molecule has 0 aromatic rings. The summed E-state index contributed by atoms with van der Waals surface area (Å²) in [6.07, 6.45) is 8.54. The molecule has 2 fully saturated rings. The molecule has 0 bridgehead atoms. The summed E-state index contributed by atoms with van der Waals surface area (Å²) >= 11 is 0. The van der Waals surface area contributed by atoms with E-state index in [1.807, 2.05) is 0 Å². The molecule has 94 valence electrons. The van der Waals surface area contributed by atoms with Crippen molar-refractivity contribution in [3.8, 4) is 0 Å². The third-order valence-corrected chi connectivity index (χ3v) is 4.58. The minimum Gasteiger partial charge on any atom is -0.311 e. The topological polar surface area (TPSA) is 12.0 Å². The van der Waals surface area contributed by atoms with Gasteiger partial charge in [-0.1, -0.05) is 33.6 Å². The molecule has 0 spiro atoms. The molecular formula is C15H29N. The Balaban J connectivity index is 1.76. The van der Waals surface area contributed by atoms with Gasteiger partial charge in [-0.05, 0) is 49.9 Å². The van der Waals surface area contributed by atoms with Crippen LogP contribution in [0.15, 0.2) is 0 Å². The quantitative estimate of drug-likeness (QED) is 0.760. The first-order valence-electron chi connectivity index (χ1n) is 7.22. The maximum absolute atomic E-state index is 3.88. The molecule has 1 heteroatoms. The van der Waals surface area contributed by atoms with Crippen molar-refractivity contribution in [1.82, 2.24) is 5.32 Å². The Morgan fingerprint density at radius 3 is 2.50 bits per heavy atom. The average Bonchev–Trinajstić information content (AvgIpc) is 2.93. The number of hydrogen-bond acceptors (Lipinski definition) is 1. The summed E-state index contributed by atoms with van der Waals surface area (Å²) < 4.78 is 0. The number of rotatable bonds is 4. The molecule has 3 unspecified atom stereocenters. The van der Waals surface area contributed by atoms with Crippen molar-refractivity contribution in [2.45, 2.75) is 78.3 Å². The van der Waals surface area contributed by atoms with E-state index in [4.69, 9.17) is 0 Å². The summed E-state index contributed by atoms with van der Waals surface area (Å²) in [4.78, 5) is 0. The molecule has 16 heavy (non-hydrogen) atoms. The normalized spacial score (nSPS) is 36.0. The van der Waals surface area contributed by atoms with E-state index in [1.54, 1.807) is 0 Å². The van der Waals surface area contributed by atoms with Crippen LogP contribution in [-0.2, 0) is 0 Å². The predicted molar refractivity (Wildman–Crippen MR) is 70.5 cm³/mol. The third-order valence-electron chi connectivity index (χ3n) is 4.58. The van der Waals surface area contributed by atoms with Crippen LogP contribution in [0.25, 0.3) is 0 Å². The molecule has 3 atom stereocenters. The molecule has 2 saturated carbocycles. The van der Waals surface area contributed by atoms with Gasteiger partial charge in [-0.25, -0.2) is 0 Å². The summed E-state index contributed by atoms with van der Waals surface area (Å²) in [6, 6.07) is 1.52. The fourth-order valence-corrected chi connectivity index (χ4v) is 3.48. The molecule has 2 rings (SSSR count). The van der Waals surface area contributed by atoms with Crippen molar-refractivity contribution in [1.29, 1.82) is 0 Å². The van der Waals surface area contributed by atoms with Gasteiger partial charge >= 0.3 is 0 Å². The maximum atomic E-state index is 3.88. The Morgan fingerprint density at radius 1 is 1.25 bits per heavy atom. The van der Waals surface area contributed by atoms with Gasteiger partial charge < -0.3 is 5.32 Å². The Hall–Kier alpha value is -0.0400. The Bertz CT molecular complexity index is 230. The van der Waals surface area contributed by atoms with E-state index >= 15 is 0 Å². The third kappa shape index (κ3) is 3.48. The Morgan fingerprint density at radius 2 is 1.94 bits per heavy atom. The van der Waals surface area contributed by atoms with Crippen LogP contribution in [0.5, 0.6) is 0 Å². The van der Waals surface area contributed by atoms with Gasteiger partial charge in [0.2, 0.25) is 0 Å². The van der Waals surface area contributed by atoms with Crippen LogP contribution < -0.4 is 5.32 Å². The summed E-state index contributed by atoms with van der Waals surface area (Å²) in [5, 5.41) is 3.88. The highest BCUT2D eigenvalue weighted by Gasteiger charge is 2.33. The van der Waals surface area contributed by atoms with Crippen LogP contribution in [0.1, 0.15) is 66.2 Å². The van der Waals surface area contributed by atoms with Crippen molar-refractivity contribution in [3.05, 3.63) is 0 Å². The molecule has 0 saturated heterocycles. The first kappa shape index (κ1) is 12.4. The van der Waals surface area contributed by atoms with E-state index in [0.717, 1.165) is 23.9 Å². The molecule has 0 radical (unpaired) electrons. The lowest BCUT2D eigenvalue weighted by Gasteiger charge is -2.40. The lowest BCUT2D eigenvalue weighted by atomic mass is 9.70. The molecule has 1 nitrogen and oxygen atoms in total. The average molecular weight is 223 g/mol. The van der Waals surface area contributed by atoms with Gasteiger partial charge in [0.1, 0.15) is 0 Å². The van der Waals surface area contributed by atoms with Crippen LogP contribution >= 0.6 is 0 Å². The van der Waals surface area contributed by atoms with E-state index < -0.39 is 0 Å². The van der Waals surface area contributed by atoms with Crippen molar-refractivity contribution in [3.63, 3.8) is 0 Å². The lowest BCUT2D eigenvalue weighted by Crippen LogP contribution is -2.45. The second kappa shape index (κ2) is 4.68. The maximum Gasteiger partial charge on any atom is 0.00955 e. The van der Waals surface area contributed by atoms with E-state index in [0.29, 0.717) is 5.41 Å². The smallest absolute Gasteiger partial charge is 0.00955 e. The number of hydrogen-bond donors (Lipinski definition) is 1. The highest BCUT2D eigenvalue weighted by atomic mass is 15.0. The highest BCUT2D eigenvalue weighted by molar-refractivity contribution is 4.89. The zero-order valence-corrected chi connectivity index (χ0v) is 11.6. The molecule has 0 amide bonds. The van der Waals surface area contributed by atoms with Gasteiger partial charge in [-0.3, -0.25) is 0 Å². The molecule has 0 aliphatic heterocycles. The molecular weight excluding hydrogens is 194 g/mol. The standard InChI is InChI=1S/C15H29N/c1-11-10-15(3,4)8-7-14(11)16-12(2)9-13-5-6-13/h11-14,16H,5-10H2,1-4H3. The molecule has 0 aromatic heterocycles. The zero-order valence-electron chi connectivity index (χ0n) is 11.6. The first-order chi connectivity index (χ1) is 7.46. The first-order valence-corrected chi connectivity index (χ1v) is 7.22. The van der Waals surface area contributed by atoms with Gasteiger partial charge in [0, 0.05) is 12.1 Å². The highest BCUT2D eigenvalue weighted by Crippen LogP contribution is 2.39. The van der Waals surface area contributed by atoms with Crippen LogP contribution in [0.2, 0.25) is 0 Å². The number of nitrogens with one attached hydrogen (secondary N) is 1. The molecule has 1 N–H and O–H groups in total. The predicted octanol–water partition coefficient (Wildman–Crippen LogP) is 3.98. The Labute approximate surface area is 101 Å². The SMILES string of the molecule is CC(CC1CC1)NC1CCC(C)(C)CC1C. The van der Waals surface area contributed by atoms with Gasteiger partial charge in [0.15, 0.2) is 0 Å². The molecule has 2 aliphatic rings. The zero-order chi connectivity index (χ0) is 11.8. The van der Waals surface area contributed by atoms with Gasteiger partial charge in [-0.2, -0.15) is 0 Å². The van der Waals surface area contributed by atoms with Gasteiger partial charge in [0.25, 0.3) is 0 Å². The molecule has 0 heterocycles. The van der Waals surface area contributed by atoms with Crippen molar-refractivity contribution in [2.75, 3.05) is 0 Å². The largest absolute Gasteiger partial charge is 0.311 e. The molecule has 2 aliphatic carbocycles. The molecule has 0 aromatic carbocycles. The minimum absolute atomic E-state index is 0.581. The summed E-state index contributed by atoms with van der Waals surface area (Å²) in [5.74, 6) is 1.91. The lowest BCUT2D eigenvalue weighted by molar-refractivity contribution is 0.141. The van der Waals surface area contributed by atoms with E-state index in [1.165, 1.54) is 38.5 Å². The second-order valence-electron chi connectivity index (χ2n) is 7.24. The van der Waals surface area contributed by atoms with Crippen molar-refractivity contribution >= 4 is 0 Å². The van der Waals surface area contributed by atoms with E-state index in [-0.39, 0.29) is 0 Å². The van der Waals surface area contributed by atoms with E-state index in [9.17, 15) is 0 Å². The fourth-order valence-electron chi connectivity index (χ4n) is 3.48. The van der Waals surface area contributed by atoms with Crippen LogP contribution in [0.3, 0.4) is 0 Å². The van der Waals surface area contributed by atoms with Gasteiger partial charge in [-0.15, -0.1) is 0 Å². The summed E-state index contributed by atoms with van der Waals surface area (Å²) in [7, 11) is 0. The summed E-state index contributed by atoms with van der Waals surface area (Å²) in [6.45, 7) is 9.66. The van der Waals surface area contributed by atoms with E-state index in [2.05, 4.69) is 33.0 Å². The fraction of sp³-hybridized carbons (Fsp3) is 1.00. The minimum atomic E-state index is 0.581. The monoisotopic (exact) mass is 223 g/mol. The van der Waals surface area contributed by atoms with Crippen molar-refractivity contribution in [2.24, 2.45) is 17.3 Å².